The van der Waals surface area contributed by atoms with Gasteiger partial charge in [-0.15, -0.1) is 0 Å². The number of rotatable bonds is 5. The van der Waals surface area contributed by atoms with Crippen molar-refractivity contribution in [2.45, 2.75) is 32.5 Å². The molecule has 0 spiro atoms. The summed E-state index contributed by atoms with van der Waals surface area (Å²) in [6.45, 7) is 7.00. The summed E-state index contributed by atoms with van der Waals surface area (Å²) in [5, 5.41) is 13.5. The lowest BCUT2D eigenvalue weighted by Gasteiger charge is -2.37. The van der Waals surface area contributed by atoms with Crippen LogP contribution in [0.5, 0.6) is 0 Å². The Balaban J connectivity index is 1.32. The lowest BCUT2D eigenvalue weighted by molar-refractivity contribution is -0.136. The molecule has 11 nitrogen and oxygen atoms in total. The van der Waals surface area contributed by atoms with Crippen LogP contribution < -0.4 is 15.5 Å². The van der Waals surface area contributed by atoms with Crippen molar-refractivity contribution < 1.29 is 27.5 Å². The summed E-state index contributed by atoms with van der Waals surface area (Å²) in [6, 6.07) is 13.8. The number of carbonyl (C=O) groups excluding carboxylic acids is 2. The van der Waals surface area contributed by atoms with Gasteiger partial charge in [0.05, 0.1) is 45.2 Å². The van der Waals surface area contributed by atoms with Crippen molar-refractivity contribution in [3.8, 4) is 0 Å². The van der Waals surface area contributed by atoms with E-state index in [4.69, 9.17) is 4.74 Å². The molecule has 3 aromatic carbocycles. The average molecular weight is 621 g/mol. The smallest absolute Gasteiger partial charge is 0.418 e. The van der Waals surface area contributed by atoms with Crippen molar-refractivity contribution in [3.05, 3.63) is 71.9 Å². The molecule has 1 aliphatic heterocycles. The molecule has 0 bridgehead atoms. The van der Waals surface area contributed by atoms with Gasteiger partial charge in [0.1, 0.15) is 5.60 Å². The number of H-pyrrole nitrogens is 2. The van der Waals surface area contributed by atoms with Crippen molar-refractivity contribution in [1.29, 1.82) is 0 Å². The largest absolute Gasteiger partial charge is 0.444 e. The fourth-order valence-corrected chi connectivity index (χ4v) is 5.18. The van der Waals surface area contributed by atoms with Crippen molar-refractivity contribution in [3.63, 3.8) is 0 Å². The Labute approximate surface area is 255 Å². The Morgan fingerprint density at radius 1 is 0.956 bits per heavy atom. The molecule has 234 valence electrons. The van der Waals surface area contributed by atoms with Crippen LogP contribution in [0.2, 0.25) is 0 Å². The van der Waals surface area contributed by atoms with Gasteiger partial charge in [0.25, 0.3) is 5.91 Å². The van der Waals surface area contributed by atoms with Gasteiger partial charge in [-0.1, -0.05) is 12.1 Å². The number of ether oxygens (including phenoxy) is 1. The third-order valence-electron chi connectivity index (χ3n) is 7.30. The number of nitrogens with one attached hydrogen (secondary N) is 4. The lowest BCUT2D eigenvalue weighted by atomic mass is 10.1. The van der Waals surface area contributed by atoms with Gasteiger partial charge in [0.15, 0.2) is 0 Å². The van der Waals surface area contributed by atoms with Crippen molar-refractivity contribution in [2.24, 2.45) is 0 Å². The molecule has 2 amide bonds. The minimum atomic E-state index is -4.56. The maximum atomic E-state index is 13.8. The molecule has 0 atom stereocenters. The normalized spacial score (nSPS) is 14.2. The van der Waals surface area contributed by atoms with E-state index in [2.05, 4.69) is 30.8 Å². The number of benzene rings is 3. The fourth-order valence-electron chi connectivity index (χ4n) is 5.18. The first kappa shape index (κ1) is 29.8. The summed E-state index contributed by atoms with van der Waals surface area (Å²) in [7, 11) is 0. The molecule has 2 aromatic heterocycles. The van der Waals surface area contributed by atoms with Gasteiger partial charge in [-0.25, -0.2) is 9.78 Å². The monoisotopic (exact) mass is 620 g/mol. The molecule has 1 aliphatic rings. The SMILES string of the molecule is CC(C)(C)OC(=O)N1CCN(c2cc3[nH]c(Nc4ccccc4C(F)(F)F)nc3cc2C(=O)Nc2ccc3cn[nH]c3c2)CC1. The number of aromatic nitrogens is 4. The van der Waals surface area contributed by atoms with Gasteiger partial charge in [-0.05, 0) is 63.2 Å². The summed E-state index contributed by atoms with van der Waals surface area (Å²) in [4.78, 5) is 37.5. The Morgan fingerprint density at radius 2 is 1.71 bits per heavy atom. The van der Waals surface area contributed by atoms with E-state index in [1.165, 1.54) is 18.2 Å². The molecular weight excluding hydrogens is 589 g/mol. The Kier molecular flexibility index (Phi) is 7.51. The van der Waals surface area contributed by atoms with Crippen LogP contribution in [-0.2, 0) is 10.9 Å². The second kappa shape index (κ2) is 11.3. The number of anilines is 4. The first-order valence-electron chi connectivity index (χ1n) is 14.3. The number of amides is 2. The van der Waals surface area contributed by atoms with Gasteiger partial charge >= 0.3 is 12.3 Å². The summed E-state index contributed by atoms with van der Waals surface area (Å²) in [5.74, 6) is -0.315. The highest BCUT2D eigenvalue weighted by atomic mass is 19.4. The van der Waals surface area contributed by atoms with Crippen LogP contribution in [0.3, 0.4) is 0 Å². The van der Waals surface area contributed by atoms with Gasteiger partial charge in [0.2, 0.25) is 5.95 Å². The van der Waals surface area contributed by atoms with Crippen molar-refractivity contribution in [1.82, 2.24) is 25.1 Å². The van der Waals surface area contributed by atoms with E-state index in [1.807, 2.05) is 11.0 Å². The number of hydrogen-bond donors (Lipinski definition) is 4. The highest BCUT2D eigenvalue weighted by Crippen LogP contribution is 2.36. The molecule has 0 saturated carbocycles. The summed E-state index contributed by atoms with van der Waals surface area (Å²) in [5.41, 5.74) is 1.47. The van der Waals surface area contributed by atoms with Gasteiger partial charge in [-0.2, -0.15) is 18.3 Å². The van der Waals surface area contributed by atoms with Gasteiger partial charge in [-0.3, -0.25) is 9.89 Å². The molecule has 0 radical (unpaired) electrons. The number of aromatic amines is 2. The Morgan fingerprint density at radius 3 is 2.44 bits per heavy atom. The van der Waals surface area contributed by atoms with Crippen molar-refractivity contribution >= 4 is 56.9 Å². The standard InChI is InChI=1S/C31H31F3N8O3/c1-30(2,3)45-29(44)42-12-10-41(11-13-42)26-16-25-24(38-28(39-25)37-22-7-5-4-6-21(22)31(32,33)34)15-20(26)27(43)36-19-9-8-18-17-35-40-23(18)14-19/h4-9,14-17H,10-13H2,1-3H3,(H,35,40)(H,36,43)(H2,37,38,39). The third-order valence-corrected chi connectivity index (χ3v) is 7.30. The molecule has 6 rings (SSSR count). The number of hydrogen-bond acceptors (Lipinski definition) is 7. The predicted molar refractivity (Wildman–Crippen MR) is 165 cm³/mol. The van der Waals surface area contributed by atoms with Crippen LogP contribution in [0.4, 0.5) is 41.0 Å². The number of nitrogens with zero attached hydrogens (tertiary/aromatic N) is 4. The molecule has 45 heavy (non-hydrogen) atoms. The third kappa shape index (κ3) is 6.49. The van der Waals surface area contributed by atoms with Crippen molar-refractivity contribution in [2.75, 3.05) is 41.7 Å². The van der Waals surface area contributed by atoms with Crippen LogP contribution in [0.25, 0.3) is 21.9 Å². The number of para-hydroxylation sites is 1. The zero-order valence-electron chi connectivity index (χ0n) is 24.7. The van der Waals surface area contributed by atoms with E-state index in [-0.39, 0.29) is 11.6 Å². The highest BCUT2D eigenvalue weighted by Gasteiger charge is 2.33. The lowest BCUT2D eigenvalue weighted by Crippen LogP contribution is -2.50. The first-order valence-corrected chi connectivity index (χ1v) is 14.3. The topological polar surface area (TPSA) is 131 Å². The molecule has 4 N–H and O–H groups in total. The second-order valence-corrected chi connectivity index (χ2v) is 11.7. The number of fused-ring (bicyclic) bond motifs is 2. The van der Waals surface area contributed by atoms with Gasteiger partial charge in [0, 0.05) is 37.3 Å². The Hall–Kier alpha value is -5.27. The van der Waals surface area contributed by atoms with Crippen LogP contribution in [0.1, 0.15) is 36.7 Å². The van der Waals surface area contributed by atoms with Crippen LogP contribution in [0, 0.1) is 0 Å². The van der Waals surface area contributed by atoms with Crippen LogP contribution >= 0.6 is 0 Å². The van der Waals surface area contributed by atoms with E-state index in [9.17, 15) is 22.8 Å². The molecule has 14 heteroatoms. The summed E-state index contributed by atoms with van der Waals surface area (Å²) >= 11 is 0. The fraction of sp³-hybridized carbons (Fsp3) is 0.290. The minimum Gasteiger partial charge on any atom is -0.444 e. The van der Waals surface area contributed by atoms with E-state index < -0.39 is 29.3 Å². The quantitative estimate of drug-likeness (QED) is 0.176. The van der Waals surface area contributed by atoms with Gasteiger partial charge < -0.3 is 30.2 Å². The average Bonchev–Trinajstić information content (AvgIpc) is 3.61. The molecular formula is C31H31F3N8O3. The number of alkyl halides is 3. The number of piperazine rings is 1. The molecule has 1 saturated heterocycles. The van der Waals surface area contributed by atoms with E-state index >= 15 is 0 Å². The van der Waals surface area contributed by atoms with E-state index in [0.717, 1.165) is 17.0 Å². The maximum Gasteiger partial charge on any atom is 0.418 e. The summed E-state index contributed by atoms with van der Waals surface area (Å²) < 4.78 is 46.3. The van der Waals surface area contributed by atoms with Crippen LogP contribution in [0.15, 0.2) is 60.8 Å². The maximum absolute atomic E-state index is 13.8. The van der Waals surface area contributed by atoms with Crippen LogP contribution in [-0.4, -0.2) is 68.8 Å². The Bertz CT molecular complexity index is 1880. The highest BCUT2D eigenvalue weighted by molar-refractivity contribution is 6.11. The summed E-state index contributed by atoms with van der Waals surface area (Å²) in [6.07, 6.45) is -3.29. The zero-order chi connectivity index (χ0) is 31.9. The first-order chi connectivity index (χ1) is 21.3. The molecule has 3 heterocycles. The van der Waals surface area contributed by atoms with E-state index in [1.54, 1.807) is 56.1 Å². The molecule has 0 unspecified atom stereocenters. The number of carbonyl (C=O) groups is 2. The number of halogens is 3. The zero-order valence-corrected chi connectivity index (χ0v) is 24.7. The molecule has 5 aromatic rings. The number of imidazole rings is 1. The molecule has 0 aliphatic carbocycles. The minimum absolute atomic E-state index is 0.0876. The molecule has 1 fully saturated rings. The predicted octanol–water partition coefficient (Wildman–Crippen LogP) is 6.51. The second-order valence-electron chi connectivity index (χ2n) is 11.7. The van der Waals surface area contributed by atoms with E-state index in [0.29, 0.717) is 54.2 Å².